The molecule has 1 fully saturated rings. The minimum Gasteiger partial charge on any atom is -0.496 e. The number of allylic oxidation sites excluding steroid dienone is 1. The summed E-state index contributed by atoms with van der Waals surface area (Å²) in [5.41, 5.74) is 6.82. The van der Waals surface area contributed by atoms with E-state index in [-0.39, 0.29) is 5.41 Å². The Morgan fingerprint density at radius 3 is 2.85 bits per heavy atom. The van der Waals surface area contributed by atoms with Gasteiger partial charge in [0, 0.05) is 6.42 Å². The largest absolute Gasteiger partial charge is 0.496 e. The van der Waals surface area contributed by atoms with Gasteiger partial charge in [0.2, 0.25) is 0 Å². The molecule has 27 heavy (non-hydrogen) atoms. The van der Waals surface area contributed by atoms with Crippen molar-refractivity contribution >= 4 is 5.78 Å². The Bertz CT molecular complexity index is 775. The van der Waals surface area contributed by atoms with Crippen LogP contribution in [0, 0.1) is 5.92 Å². The van der Waals surface area contributed by atoms with Gasteiger partial charge in [-0.05, 0) is 78.5 Å². The van der Waals surface area contributed by atoms with Crippen LogP contribution in [0.15, 0.2) is 18.2 Å². The summed E-state index contributed by atoms with van der Waals surface area (Å²) < 4.78 is 5.78. The van der Waals surface area contributed by atoms with Crippen LogP contribution in [0.3, 0.4) is 0 Å². The molecule has 3 aliphatic carbocycles. The third-order valence-electron chi connectivity index (χ3n) is 7.69. The number of carbonyl (C=O) groups is 1. The molecule has 2 heteroatoms. The zero-order valence-corrected chi connectivity index (χ0v) is 17.3. The Labute approximate surface area is 164 Å². The normalized spacial score (nSPS) is 29.3. The molecule has 1 saturated carbocycles. The van der Waals surface area contributed by atoms with E-state index in [9.17, 15) is 4.79 Å². The van der Waals surface area contributed by atoms with Crippen LogP contribution in [0.2, 0.25) is 0 Å². The molecule has 1 unspecified atom stereocenters. The molecular weight excluding hydrogens is 332 g/mol. The lowest BCUT2D eigenvalue weighted by atomic mass is 9.56. The van der Waals surface area contributed by atoms with Crippen LogP contribution in [0.5, 0.6) is 5.75 Å². The van der Waals surface area contributed by atoms with E-state index >= 15 is 0 Å². The van der Waals surface area contributed by atoms with Crippen LogP contribution < -0.4 is 4.74 Å². The van der Waals surface area contributed by atoms with Crippen LogP contribution in [-0.2, 0) is 11.8 Å². The number of fused-ring (bicyclic) bond motifs is 5. The Hall–Kier alpha value is -1.57. The summed E-state index contributed by atoms with van der Waals surface area (Å²) in [5.74, 6) is 2.10. The van der Waals surface area contributed by atoms with Gasteiger partial charge < -0.3 is 4.74 Å². The van der Waals surface area contributed by atoms with Crippen LogP contribution >= 0.6 is 0 Å². The lowest BCUT2D eigenvalue weighted by Crippen LogP contribution is -2.41. The molecule has 0 amide bonds. The number of unbranched alkanes of at least 4 members (excludes halogenated alkanes) is 2. The number of carbonyl (C=O) groups excluding carboxylic acids is 1. The fourth-order valence-corrected chi connectivity index (χ4v) is 6.33. The molecule has 1 aromatic rings. The molecular formula is C25H34O2. The fourth-order valence-electron chi connectivity index (χ4n) is 6.33. The molecule has 1 aromatic carbocycles. The molecule has 146 valence electrons. The molecule has 0 N–H and O–H groups in total. The van der Waals surface area contributed by atoms with Gasteiger partial charge in [-0.2, -0.15) is 0 Å². The van der Waals surface area contributed by atoms with E-state index in [2.05, 4.69) is 26.5 Å². The predicted octanol–water partition coefficient (Wildman–Crippen LogP) is 6.51. The Morgan fingerprint density at radius 2 is 2.11 bits per heavy atom. The van der Waals surface area contributed by atoms with E-state index in [1.165, 1.54) is 67.2 Å². The Balaban J connectivity index is 1.84. The van der Waals surface area contributed by atoms with Crippen LogP contribution in [-0.4, -0.2) is 12.9 Å². The number of Topliss-reactive ketones (excluding diaryl/α,β-unsaturated/α-hetero) is 1. The highest BCUT2D eigenvalue weighted by Crippen LogP contribution is 2.56. The second-order valence-electron chi connectivity index (χ2n) is 9.23. The van der Waals surface area contributed by atoms with Crippen molar-refractivity contribution in [2.75, 3.05) is 7.11 Å². The van der Waals surface area contributed by atoms with Gasteiger partial charge >= 0.3 is 0 Å². The molecule has 0 radical (unpaired) electrons. The quantitative estimate of drug-likeness (QED) is 0.439. The molecule has 0 bridgehead atoms. The first-order valence-electron chi connectivity index (χ1n) is 11.0. The maximum Gasteiger partial charge on any atom is 0.167 e. The highest BCUT2D eigenvalue weighted by Gasteiger charge is 2.47. The first kappa shape index (κ1) is 18.8. The first-order valence-corrected chi connectivity index (χ1v) is 11.0. The predicted molar refractivity (Wildman–Crippen MR) is 111 cm³/mol. The number of methoxy groups -OCH3 is 1. The van der Waals surface area contributed by atoms with Gasteiger partial charge in [-0.3, -0.25) is 4.79 Å². The maximum atomic E-state index is 12.9. The second kappa shape index (κ2) is 7.11. The average molecular weight is 367 g/mol. The standard InChI is InChI=1S/C25H34O2/c1-5-6-7-10-17-14-21(26)24-22(27-4)15-20-18(23(17)24)11-12-19-16(2)9-8-13-25(19,20)3/h15,17,19H,2,5-14H2,1,3-4H3/t17?,19-,25-/m0/s1. The molecule has 3 atom stereocenters. The molecule has 0 aromatic heterocycles. The van der Waals surface area contributed by atoms with Crippen molar-refractivity contribution in [2.24, 2.45) is 5.92 Å². The molecule has 0 saturated heterocycles. The summed E-state index contributed by atoms with van der Waals surface area (Å²) in [5, 5.41) is 0. The summed E-state index contributed by atoms with van der Waals surface area (Å²) in [7, 11) is 1.72. The first-order chi connectivity index (χ1) is 13.0. The Kier molecular flexibility index (Phi) is 4.94. The van der Waals surface area contributed by atoms with Crippen molar-refractivity contribution in [1.82, 2.24) is 0 Å². The van der Waals surface area contributed by atoms with E-state index in [0.29, 0.717) is 24.0 Å². The van der Waals surface area contributed by atoms with Crippen molar-refractivity contribution in [2.45, 2.75) is 89.4 Å². The van der Waals surface area contributed by atoms with E-state index < -0.39 is 0 Å². The van der Waals surface area contributed by atoms with Crippen LogP contribution in [0.1, 0.15) is 105 Å². The Morgan fingerprint density at radius 1 is 1.30 bits per heavy atom. The van der Waals surface area contributed by atoms with Gasteiger partial charge in [0.15, 0.2) is 5.78 Å². The van der Waals surface area contributed by atoms with Gasteiger partial charge in [0.05, 0.1) is 12.7 Å². The topological polar surface area (TPSA) is 26.3 Å². The SMILES string of the molecule is C=C1CCC[C@]2(C)c3cc(OC)c4c(c3CC[C@@H]12)C(CCCCC)CC4=O. The van der Waals surface area contributed by atoms with E-state index in [1.54, 1.807) is 7.11 Å². The fraction of sp³-hybridized carbons (Fsp3) is 0.640. The van der Waals surface area contributed by atoms with Crippen LogP contribution in [0.4, 0.5) is 0 Å². The van der Waals surface area contributed by atoms with E-state index in [4.69, 9.17) is 4.74 Å². The molecule has 0 aliphatic heterocycles. The van der Waals surface area contributed by atoms with Crippen molar-refractivity contribution in [3.63, 3.8) is 0 Å². The monoisotopic (exact) mass is 366 g/mol. The molecule has 3 aliphatic rings. The average Bonchev–Trinajstić information content (AvgIpc) is 2.98. The summed E-state index contributed by atoms with van der Waals surface area (Å²) >= 11 is 0. The number of hydrogen-bond donors (Lipinski definition) is 0. The zero-order chi connectivity index (χ0) is 19.2. The number of rotatable bonds is 5. The van der Waals surface area contributed by atoms with Gasteiger partial charge in [0.25, 0.3) is 0 Å². The van der Waals surface area contributed by atoms with Crippen LogP contribution in [0.25, 0.3) is 0 Å². The number of ether oxygens (including phenoxy) is 1. The van der Waals surface area contributed by atoms with E-state index in [0.717, 1.165) is 24.2 Å². The summed E-state index contributed by atoms with van der Waals surface area (Å²) in [4.78, 5) is 12.9. The molecule has 4 rings (SSSR count). The third kappa shape index (κ3) is 2.87. The van der Waals surface area contributed by atoms with Gasteiger partial charge in [0.1, 0.15) is 5.75 Å². The summed E-state index contributed by atoms with van der Waals surface area (Å²) in [6.45, 7) is 9.11. The number of hydrogen-bond acceptors (Lipinski definition) is 2. The summed E-state index contributed by atoms with van der Waals surface area (Å²) in [6.07, 6.45) is 11.4. The van der Waals surface area contributed by atoms with Crippen molar-refractivity contribution in [1.29, 1.82) is 0 Å². The van der Waals surface area contributed by atoms with Gasteiger partial charge in [-0.1, -0.05) is 45.3 Å². The third-order valence-corrected chi connectivity index (χ3v) is 7.69. The smallest absolute Gasteiger partial charge is 0.167 e. The van der Waals surface area contributed by atoms with Crippen molar-refractivity contribution in [3.8, 4) is 5.75 Å². The second-order valence-corrected chi connectivity index (χ2v) is 9.23. The lowest BCUT2D eigenvalue weighted by Gasteiger charge is -2.48. The number of benzene rings is 1. The van der Waals surface area contributed by atoms with Gasteiger partial charge in [-0.15, -0.1) is 0 Å². The molecule has 0 heterocycles. The minimum absolute atomic E-state index is 0.158. The molecule has 2 nitrogen and oxygen atoms in total. The van der Waals surface area contributed by atoms with Crippen molar-refractivity contribution in [3.05, 3.63) is 40.5 Å². The molecule has 0 spiro atoms. The number of ketones is 1. The van der Waals surface area contributed by atoms with Crippen molar-refractivity contribution < 1.29 is 9.53 Å². The highest BCUT2D eigenvalue weighted by atomic mass is 16.5. The van der Waals surface area contributed by atoms with Gasteiger partial charge in [-0.25, -0.2) is 0 Å². The zero-order valence-electron chi connectivity index (χ0n) is 17.3. The summed E-state index contributed by atoms with van der Waals surface area (Å²) in [6, 6.07) is 2.23. The minimum atomic E-state index is 0.158. The van der Waals surface area contributed by atoms with E-state index in [1.807, 2.05) is 0 Å². The lowest BCUT2D eigenvalue weighted by molar-refractivity contribution is 0.0985. The highest BCUT2D eigenvalue weighted by molar-refractivity contribution is 6.04. The maximum absolute atomic E-state index is 12.9.